The number of rotatable bonds is 5. The summed E-state index contributed by atoms with van der Waals surface area (Å²) in [5.74, 6) is 0.0136. The van der Waals surface area contributed by atoms with Gasteiger partial charge in [-0.1, -0.05) is 39.0 Å². The van der Waals surface area contributed by atoms with E-state index in [-0.39, 0.29) is 42.4 Å². The van der Waals surface area contributed by atoms with Crippen LogP contribution in [-0.4, -0.2) is 74.7 Å². The number of likely N-dealkylation sites (tertiary alicyclic amines) is 1. The summed E-state index contributed by atoms with van der Waals surface area (Å²) in [5.41, 5.74) is 2.27. The molecular formula is C30H37N5O6. The van der Waals surface area contributed by atoms with Crippen LogP contribution in [0.1, 0.15) is 45.2 Å². The highest BCUT2D eigenvalue weighted by Crippen LogP contribution is 2.35. The number of amides is 3. The molecule has 1 N–H and O–H groups in total. The zero-order valence-corrected chi connectivity index (χ0v) is 24.2. The number of hydrogen-bond acceptors (Lipinski definition) is 6. The largest absolute Gasteiger partial charge is 0.497 e. The molecule has 2 saturated heterocycles. The van der Waals surface area contributed by atoms with Crippen LogP contribution in [0, 0.1) is 5.41 Å². The van der Waals surface area contributed by atoms with Gasteiger partial charge in [-0.25, -0.2) is 9.59 Å². The summed E-state index contributed by atoms with van der Waals surface area (Å²) in [4.78, 5) is 57.1. The van der Waals surface area contributed by atoms with E-state index in [0.717, 1.165) is 11.3 Å². The average molecular weight is 564 g/mol. The minimum Gasteiger partial charge on any atom is -0.497 e. The van der Waals surface area contributed by atoms with Crippen molar-refractivity contribution in [2.24, 2.45) is 12.5 Å². The van der Waals surface area contributed by atoms with Crippen LogP contribution in [-0.2, 0) is 23.2 Å². The van der Waals surface area contributed by atoms with E-state index in [1.165, 1.54) is 14.4 Å². The maximum Gasteiger partial charge on any atom is 0.407 e. The van der Waals surface area contributed by atoms with Gasteiger partial charge in [0.15, 0.2) is 0 Å². The number of aromatic nitrogens is 2. The Labute approximate surface area is 238 Å². The van der Waals surface area contributed by atoms with Crippen molar-refractivity contribution in [2.75, 3.05) is 31.6 Å². The van der Waals surface area contributed by atoms with Crippen molar-refractivity contribution in [3.05, 3.63) is 58.5 Å². The van der Waals surface area contributed by atoms with E-state index >= 15 is 0 Å². The standard InChI is InChI=1S/C30H37N5O6/c1-30(2,3)24-18-32(15-16-33(24)29(39)40)21-7-6-8-22-26(21)31(4)28(38)35(22)23-13-14-25(36)34(27(23)37)17-19-9-11-20(41-5)12-10-19/h6-12,23-24H,13-18H2,1-5H3,(H,39,40). The number of nitrogens with zero attached hydrogens (tertiary/aromatic N) is 5. The molecule has 0 spiro atoms. The number of imide groups is 1. The number of carbonyl (C=O) groups excluding carboxylic acids is 2. The summed E-state index contributed by atoms with van der Waals surface area (Å²) < 4.78 is 8.28. The molecule has 11 nitrogen and oxygen atoms in total. The van der Waals surface area contributed by atoms with E-state index in [0.29, 0.717) is 36.4 Å². The van der Waals surface area contributed by atoms with E-state index in [4.69, 9.17) is 4.74 Å². The molecule has 11 heteroatoms. The number of hydrogen-bond donors (Lipinski definition) is 1. The van der Waals surface area contributed by atoms with Gasteiger partial charge in [0.1, 0.15) is 11.8 Å². The van der Waals surface area contributed by atoms with Crippen LogP contribution in [0.4, 0.5) is 10.5 Å². The lowest BCUT2D eigenvalue weighted by atomic mass is 9.84. The van der Waals surface area contributed by atoms with Gasteiger partial charge in [0.2, 0.25) is 5.91 Å². The van der Waals surface area contributed by atoms with Gasteiger partial charge in [0.05, 0.1) is 36.4 Å². The second-order valence-electron chi connectivity index (χ2n) is 11.9. The molecule has 0 saturated carbocycles. The second kappa shape index (κ2) is 10.6. The lowest BCUT2D eigenvalue weighted by molar-refractivity contribution is -0.151. The first-order valence-electron chi connectivity index (χ1n) is 13.8. The predicted molar refractivity (Wildman–Crippen MR) is 154 cm³/mol. The lowest BCUT2D eigenvalue weighted by Gasteiger charge is -2.46. The molecule has 5 rings (SSSR count). The topological polar surface area (TPSA) is 117 Å². The van der Waals surface area contributed by atoms with Crippen molar-refractivity contribution >= 4 is 34.6 Å². The van der Waals surface area contributed by atoms with E-state index in [2.05, 4.69) is 4.90 Å². The monoisotopic (exact) mass is 563 g/mol. The Morgan fingerprint density at radius 1 is 1.05 bits per heavy atom. The first kappa shape index (κ1) is 28.3. The summed E-state index contributed by atoms with van der Waals surface area (Å²) in [7, 11) is 3.26. The zero-order valence-electron chi connectivity index (χ0n) is 24.2. The van der Waals surface area contributed by atoms with Crippen LogP contribution < -0.4 is 15.3 Å². The fourth-order valence-electron chi connectivity index (χ4n) is 6.09. The molecule has 218 valence electrons. The van der Waals surface area contributed by atoms with Crippen LogP contribution in [0.3, 0.4) is 0 Å². The Bertz CT molecular complexity index is 1550. The summed E-state index contributed by atoms with van der Waals surface area (Å²) in [6.45, 7) is 7.48. The smallest absolute Gasteiger partial charge is 0.407 e. The number of benzene rings is 2. The Morgan fingerprint density at radius 3 is 2.39 bits per heavy atom. The number of piperazine rings is 1. The third-order valence-corrected chi connectivity index (χ3v) is 8.34. The zero-order chi connectivity index (χ0) is 29.6. The molecule has 3 amide bonds. The van der Waals surface area contributed by atoms with Gasteiger partial charge in [-0.3, -0.25) is 23.6 Å². The molecular weight excluding hydrogens is 526 g/mol. The summed E-state index contributed by atoms with van der Waals surface area (Å²) >= 11 is 0. The highest BCUT2D eigenvalue weighted by atomic mass is 16.5. The molecule has 2 aromatic carbocycles. The summed E-state index contributed by atoms with van der Waals surface area (Å²) in [6, 6.07) is 11.7. The molecule has 2 aliphatic heterocycles. The molecule has 3 aromatic rings. The third kappa shape index (κ3) is 5.05. The molecule has 41 heavy (non-hydrogen) atoms. The van der Waals surface area contributed by atoms with E-state index in [1.54, 1.807) is 30.9 Å². The molecule has 0 aliphatic carbocycles. The fraction of sp³-hybridized carbons (Fsp3) is 0.467. The van der Waals surface area contributed by atoms with Gasteiger partial charge >= 0.3 is 11.8 Å². The molecule has 0 bridgehead atoms. The number of piperidine rings is 1. The van der Waals surface area contributed by atoms with Gasteiger partial charge in [-0.2, -0.15) is 0 Å². The molecule has 2 fully saturated rings. The Hall–Kier alpha value is -4.28. The maximum atomic E-state index is 13.7. The van der Waals surface area contributed by atoms with Gasteiger partial charge in [0.25, 0.3) is 5.91 Å². The van der Waals surface area contributed by atoms with Gasteiger partial charge in [-0.05, 0) is 41.7 Å². The number of aryl methyl sites for hydroxylation is 1. The Kier molecular flexibility index (Phi) is 7.31. The van der Waals surface area contributed by atoms with E-state index in [9.17, 15) is 24.3 Å². The summed E-state index contributed by atoms with van der Waals surface area (Å²) in [6.07, 6.45) is -0.547. The number of methoxy groups -OCH3 is 1. The van der Waals surface area contributed by atoms with Crippen LogP contribution in [0.5, 0.6) is 5.75 Å². The number of carboxylic acid groups (broad SMARTS) is 1. The molecule has 0 radical (unpaired) electrons. The van der Waals surface area contributed by atoms with E-state index < -0.39 is 18.0 Å². The van der Waals surface area contributed by atoms with Crippen molar-refractivity contribution in [1.82, 2.24) is 18.9 Å². The maximum absolute atomic E-state index is 13.7. The number of fused-ring (bicyclic) bond motifs is 1. The fourth-order valence-corrected chi connectivity index (χ4v) is 6.09. The van der Waals surface area contributed by atoms with Crippen LogP contribution in [0.2, 0.25) is 0 Å². The van der Waals surface area contributed by atoms with Gasteiger partial charge < -0.3 is 19.6 Å². The van der Waals surface area contributed by atoms with Crippen LogP contribution >= 0.6 is 0 Å². The molecule has 2 atom stereocenters. The van der Waals surface area contributed by atoms with Crippen molar-refractivity contribution < 1.29 is 24.2 Å². The number of carbonyl (C=O) groups is 3. The van der Waals surface area contributed by atoms with Gasteiger partial charge in [0, 0.05) is 33.1 Å². The second-order valence-corrected chi connectivity index (χ2v) is 11.9. The van der Waals surface area contributed by atoms with Crippen molar-refractivity contribution in [3.63, 3.8) is 0 Å². The van der Waals surface area contributed by atoms with Crippen molar-refractivity contribution in [3.8, 4) is 5.75 Å². The molecule has 3 heterocycles. The average Bonchev–Trinajstić information content (AvgIpc) is 3.20. The number of para-hydroxylation sites is 1. The van der Waals surface area contributed by atoms with Crippen LogP contribution in [0.25, 0.3) is 11.0 Å². The lowest BCUT2D eigenvalue weighted by Crippen LogP contribution is -2.59. The minimum atomic E-state index is -0.939. The highest BCUT2D eigenvalue weighted by molar-refractivity contribution is 6.00. The Morgan fingerprint density at radius 2 is 1.76 bits per heavy atom. The molecule has 1 aromatic heterocycles. The predicted octanol–water partition coefficient (Wildman–Crippen LogP) is 3.45. The third-order valence-electron chi connectivity index (χ3n) is 8.34. The molecule has 2 unspecified atom stereocenters. The SMILES string of the molecule is COc1ccc(CN2C(=O)CCC(n3c(=O)n(C)c4c(N5CCN(C(=O)O)C(C(C)(C)C)C5)cccc43)C2=O)cc1. The normalized spacial score (nSPS) is 20.2. The Balaban J connectivity index is 1.50. The highest BCUT2D eigenvalue weighted by Gasteiger charge is 2.40. The number of anilines is 1. The summed E-state index contributed by atoms with van der Waals surface area (Å²) in [5, 5.41) is 9.80. The first-order chi connectivity index (χ1) is 19.4. The van der Waals surface area contributed by atoms with Crippen LogP contribution in [0.15, 0.2) is 47.3 Å². The first-order valence-corrected chi connectivity index (χ1v) is 13.8. The van der Waals surface area contributed by atoms with Crippen molar-refractivity contribution in [2.45, 2.75) is 52.2 Å². The minimum absolute atomic E-state index is 0.116. The quantitative estimate of drug-likeness (QED) is 0.473. The molecule has 2 aliphatic rings. The number of imidazole rings is 1. The van der Waals surface area contributed by atoms with Gasteiger partial charge in [-0.15, -0.1) is 0 Å². The van der Waals surface area contributed by atoms with Crippen molar-refractivity contribution in [1.29, 1.82) is 0 Å². The van der Waals surface area contributed by atoms with E-state index in [1.807, 2.05) is 51.1 Å². The number of ether oxygens (including phenoxy) is 1.